The van der Waals surface area contributed by atoms with Crippen LogP contribution in [-0.2, 0) is 10.0 Å². The van der Waals surface area contributed by atoms with Crippen LogP contribution in [0.15, 0.2) is 41.4 Å². The zero-order valence-corrected chi connectivity index (χ0v) is 14.6. The van der Waals surface area contributed by atoms with Crippen LogP contribution in [0.1, 0.15) is 18.4 Å². The van der Waals surface area contributed by atoms with Crippen molar-refractivity contribution in [2.24, 2.45) is 0 Å². The first kappa shape index (κ1) is 17.8. The van der Waals surface area contributed by atoms with Crippen LogP contribution in [0.4, 0.5) is 8.78 Å². The van der Waals surface area contributed by atoms with Gasteiger partial charge in [0.15, 0.2) is 0 Å². The Kier molecular flexibility index (Phi) is 4.51. The zero-order valence-electron chi connectivity index (χ0n) is 13.8. The minimum Gasteiger partial charge on any atom is -0.481 e. The van der Waals surface area contributed by atoms with E-state index in [4.69, 9.17) is 4.74 Å². The van der Waals surface area contributed by atoms with E-state index in [1.165, 1.54) is 19.2 Å². The molecular weight excluding hydrogens is 350 g/mol. The van der Waals surface area contributed by atoms with Crippen LogP contribution < -0.4 is 9.46 Å². The van der Waals surface area contributed by atoms with Crippen molar-refractivity contribution in [1.29, 1.82) is 0 Å². The van der Waals surface area contributed by atoms with Gasteiger partial charge in [-0.15, -0.1) is 0 Å². The number of pyridine rings is 1. The number of rotatable bonds is 5. The minimum absolute atomic E-state index is 0.0606. The van der Waals surface area contributed by atoms with Gasteiger partial charge in [0.25, 0.3) is 5.92 Å². The second-order valence-electron chi connectivity index (χ2n) is 6.15. The molecular formula is C17H18F2N2O3S. The lowest BCUT2D eigenvalue weighted by molar-refractivity contribution is -0.0876. The quantitative estimate of drug-likeness (QED) is 0.880. The smallest absolute Gasteiger partial charge is 0.251 e. The van der Waals surface area contributed by atoms with Gasteiger partial charge in [0, 0.05) is 36.7 Å². The van der Waals surface area contributed by atoms with E-state index in [0.29, 0.717) is 5.88 Å². The van der Waals surface area contributed by atoms with Crippen molar-refractivity contribution >= 4 is 10.0 Å². The Labute approximate surface area is 145 Å². The summed E-state index contributed by atoms with van der Waals surface area (Å²) >= 11 is 0. The van der Waals surface area contributed by atoms with E-state index >= 15 is 0 Å². The predicted octanol–water partition coefficient (Wildman–Crippen LogP) is 3.14. The lowest BCUT2D eigenvalue weighted by Crippen LogP contribution is -2.50. The molecule has 0 amide bonds. The minimum atomic E-state index is -3.82. The van der Waals surface area contributed by atoms with E-state index in [1.54, 1.807) is 25.3 Å². The fraction of sp³-hybridized carbons (Fsp3) is 0.353. The maximum Gasteiger partial charge on any atom is 0.251 e. The molecule has 1 saturated carbocycles. The van der Waals surface area contributed by atoms with E-state index < -0.39 is 34.8 Å². The maximum atomic E-state index is 12.9. The number of nitrogens with one attached hydrogen (secondary N) is 1. The molecule has 1 fully saturated rings. The van der Waals surface area contributed by atoms with E-state index in [9.17, 15) is 17.2 Å². The van der Waals surface area contributed by atoms with Crippen molar-refractivity contribution in [2.45, 2.75) is 36.6 Å². The highest BCUT2D eigenvalue weighted by Gasteiger charge is 2.46. The molecule has 0 atom stereocenters. The number of sulfonamides is 1. The topological polar surface area (TPSA) is 68.3 Å². The molecule has 0 saturated heterocycles. The number of aromatic nitrogens is 1. The third-order valence-corrected chi connectivity index (χ3v) is 5.69. The summed E-state index contributed by atoms with van der Waals surface area (Å²) in [6.07, 6.45) is 0.728. The third kappa shape index (κ3) is 3.80. The van der Waals surface area contributed by atoms with Crippen LogP contribution in [0, 0.1) is 6.92 Å². The number of hydrogen-bond acceptors (Lipinski definition) is 4. The van der Waals surface area contributed by atoms with Gasteiger partial charge in [-0.2, -0.15) is 0 Å². The highest BCUT2D eigenvalue weighted by molar-refractivity contribution is 7.89. The highest BCUT2D eigenvalue weighted by atomic mass is 32.2. The number of halogens is 2. The summed E-state index contributed by atoms with van der Waals surface area (Å²) in [5.41, 5.74) is 2.41. The monoisotopic (exact) mass is 368 g/mol. The molecule has 0 bridgehead atoms. The molecule has 1 aromatic heterocycles. The van der Waals surface area contributed by atoms with E-state index in [1.807, 2.05) is 6.07 Å². The van der Waals surface area contributed by atoms with Gasteiger partial charge in [-0.25, -0.2) is 26.9 Å². The molecule has 1 aromatic carbocycles. The van der Waals surface area contributed by atoms with Crippen LogP contribution in [0.2, 0.25) is 0 Å². The van der Waals surface area contributed by atoms with E-state index in [0.717, 1.165) is 16.7 Å². The second-order valence-corrected chi connectivity index (χ2v) is 7.86. The van der Waals surface area contributed by atoms with Gasteiger partial charge in [0.05, 0.1) is 12.0 Å². The molecule has 1 aliphatic carbocycles. The van der Waals surface area contributed by atoms with Crippen molar-refractivity contribution in [2.75, 3.05) is 7.11 Å². The Hall–Kier alpha value is -2.06. The lowest BCUT2D eigenvalue weighted by Gasteiger charge is -2.35. The molecule has 5 nitrogen and oxygen atoms in total. The highest BCUT2D eigenvalue weighted by Crippen LogP contribution is 2.38. The van der Waals surface area contributed by atoms with E-state index in [2.05, 4.69) is 9.71 Å². The van der Waals surface area contributed by atoms with Crippen molar-refractivity contribution in [3.8, 4) is 17.0 Å². The number of nitrogens with zero attached hydrogens (tertiary/aromatic N) is 1. The summed E-state index contributed by atoms with van der Waals surface area (Å²) in [4.78, 5) is 4.19. The van der Waals surface area contributed by atoms with Crippen LogP contribution in [0.5, 0.6) is 5.88 Å². The van der Waals surface area contributed by atoms with Gasteiger partial charge in [0.2, 0.25) is 15.9 Å². The first-order valence-electron chi connectivity index (χ1n) is 7.71. The van der Waals surface area contributed by atoms with Gasteiger partial charge in [-0.05, 0) is 36.2 Å². The molecule has 3 rings (SSSR count). The molecule has 0 radical (unpaired) electrons. The van der Waals surface area contributed by atoms with Gasteiger partial charge in [-0.3, -0.25) is 0 Å². The fourth-order valence-electron chi connectivity index (χ4n) is 2.82. The van der Waals surface area contributed by atoms with Crippen LogP contribution in [0.3, 0.4) is 0 Å². The average molecular weight is 368 g/mol. The molecule has 8 heteroatoms. The van der Waals surface area contributed by atoms with Crippen LogP contribution >= 0.6 is 0 Å². The van der Waals surface area contributed by atoms with Crippen LogP contribution in [0.25, 0.3) is 11.1 Å². The predicted molar refractivity (Wildman–Crippen MR) is 89.3 cm³/mol. The lowest BCUT2D eigenvalue weighted by atomic mass is 9.89. The first-order valence-corrected chi connectivity index (χ1v) is 9.20. The number of hydrogen-bond donors (Lipinski definition) is 1. The molecule has 1 N–H and O–H groups in total. The standard InChI is InChI=1S/C17H18F2N2O3S/c1-11-7-14(25(22,23)21-13-8-17(18,19)9-13)4-5-15(11)12-3-6-16(24-2)20-10-12/h3-7,10,13,21H,8-9H2,1-2H3. The Morgan fingerprint density at radius 3 is 2.48 bits per heavy atom. The molecule has 1 aliphatic rings. The summed E-state index contributed by atoms with van der Waals surface area (Å²) < 4.78 is 57.8. The number of benzene rings is 1. The normalized spacial score (nSPS) is 17.1. The second kappa shape index (κ2) is 6.34. The maximum absolute atomic E-state index is 12.9. The van der Waals surface area contributed by atoms with E-state index in [-0.39, 0.29) is 4.90 Å². The largest absolute Gasteiger partial charge is 0.481 e. The summed E-state index contributed by atoms with van der Waals surface area (Å²) in [6, 6.07) is 7.51. The van der Waals surface area contributed by atoms with Gasteiger partial charge in [-0.1, -0.05) is 6.07 Å². The number of aryl methyl sites for hydroxylation is 1. The molecule has 1 heterocycles. The van der Waals surface area contributed by atoms with Gasteiger partial charge in [0.1, 0.15) is 0 Å². The Morgan fingerprint density at radius 2 is 1.96 bits per heavy atom. The Balaban J connectivity index is 1.81. The van der Waals surface area contributed by atoms with Gasteiger partial charge >= 0.3 is 0 Å². The van der Waals surface area contributed by atoms with Crippen molar-refractivity contribution in [1.82, 2.24) is 9.71 Å². The Morgan fingerprint density at radius 1 is 1.24 bits per heavy atom. The number of methoxy groups -OCH3 is 1. The number of ether oxygens (including phenoxy) is 1. The Bertz CT molecular complexity index is 875. The average Bonchev–Trinajstić information content (AvgIpc) is 2.53. The molecule has 25 heavy (non-hydrogen) atoms. The summed E-state index contributed by atoms with van der Waals surface area (Å²) in [5.74, 6) is -2.28. The van der Waals surface area contributed by atoms with Gasteiger partial charge < -0.3 is 4.74 Å². The summed E-state index contributed by atoms with van der Waals surface area (Å²) in [7, 11) is -2.30. The molecule has 0 spiro atoms. The molecule has 0 unspecified atom stereocenters. The van der Waals surface area contributed by atoms with Crippen LogP contribution in [-0.4, -0.2) is 32.5 Å². The third-order valence-electron chi connectivity index (χ3n) is 4.18. The SMILES string of the molecule is COc1ccc(-c2ccc(S(=O)(=O)NC3CC(F)(F)C3)cc2C)cn1. The molecule has 134 valence electrons. The molecule has 0 aliphatic heterocycles. The summed E-state index contributed by atoms with van der Waals surface area (Å²) in [5, 5.41) is 0. The van der Waals surface area contributed by atoms with Crippen molar-refractivity contribution < 1.29 is 21.9 Å². The molecule has 2 aromatic rings. The van der Waals surface area contributed by atoms with Crippen molar-refractivity contribution in [3.63, 3.8) is 0 Å². The fourth-order valence-corrected chi connectivity index (χ4v) is 4.14. The zero-order chi connectivity index (χ0) is 18.2. The van der Waals surface area contributed by atoms with Crippen molar-refractivity contribution in [3.05, 3.63) is 42.1 Å². The number of alkyl halides is 2. The summed E-state index contributed by atoms with van der Waals surface area (Å²) in [6.45, 7) is 1.79. The first-order chi connectivity index (χ1) is 11.7.